The van der Waals surface area contributed by atoms with Gasteiger partial charge in [0.2, 0.25) is 0 Å². The topological polar surface area (TPSA) is 41.9 Å². The average Bonchev–Trinajstić information content (AvgIpc) is 2.97. The Kier molecular flexibility index (Phi) is 3.98. The van der Waals surface area contributed by atoms with E-state index in [0.29, 0.717) is 6.04 Å². The Morgan fingerprint density at radius 1 is 1.29 bits per heavy atom. The molecule has 2 unspecified atom stereocenters. The van der Waals surface area contributed by atoms with Gasteiger partial charge in [-0.1, -0.05) is 24.6 Å². The highest BCUT2D eigenvalue weighted by Gasteiger charge is 2.35. The van der Waals surface area contributed by atoms with Crippen LogP contribution in [-0.4, -0.2) is 44.8 Å². The van der Waals surface area contributed by atoms with Crippen molar-refractivity contribution in [1.29, 1.82) is 0 Å². The number of thioether (sulfide) groups is 2. The molecule has 1 saturated carbocycles. The van der Waals surface area contributed by atoms with E-state index in [9.17, 15) is 0 Å². The molecular formula is C14H18N4S3. The second-order valence-electron chi connectivity index (χ2n) is 5.49. The largest absolute Gasteiger partial charge is 0.350 e. The second-order valence-corrected chi connectivity index (χ2v) is 8.89. The van der Waals surface area contributed by atoms with Crippen LogP contribution in [-0.2, 0) is 0 Å². The van der Waals surface area contributed by atoms with E-state index in [1.165, 1.54) is 31.4 Å². The van der Waals surface area contributed by atoms with Crippen LogP contribution in [0.4, 0.5) is 5.82 Å². The normalized spacial score (nSPS) is 26.0. The summed E-state index contributed by atoms with van der Waals surface area (Å²) in [6.45, 7) is 1.10. The van der Waals surface area contributed by atoms with Crippen LogP contribution >= 0.6 is 34.9 Å². The summed E-state index contributed by atoms with van der Waals surface area (Å²) in [6, 6.07) is 0.649. The number of nitrogens with zero attached hydrogens (tertiary/aromatic N) is 4. The van der Waals surface area contributed by atoms with Crippen molar-refractivity contribution in [3.05, 3.63) is 6.33 Å². The molecule has 2 fully saturated rings. The first kappa shape index (κ1) is 14.1. The molecule has 2 atom stereocenters. The highest BCUT2D eigenvalue weighted by molar-refractivity contribution is 8.00. The standard InChI is InChI=1S/C14H18N4S3/c1-19-14-17-12-11(21-14)13(16-8-15-12)18-6-7-20-10-5-3-2-4-9(10)18/h8-10H,2-7H2,1H3. The Balaban J connectivity index is 1.75. The van der Waals surface area contributed by atoms with Crippen LogP contribution in [0, 0.1) is 0 Å². The van der Waals surface area contributed by atoms with Crippen LogP contribution < -0.4 is 4.90 Å². The zero-order chi connectivity index (χ0) is 14.2. The number of hydrogen-bond donors (Lipinski definition) is 0. The predicted molar refractivity (Wildman–Crippen MR) is 92.8 cm³/mol. The lowest BCUT2D eigenvalue weighted by atomic mass is 9.93. The molecule has 4 rings (SSSR count). The van der Waals surface area contributed by atoms with Gasteiger partial charge in [-0.3, -0.25) is 0 Å². The van der Waals surface area contributed by atoms with Crippen molar-refractivity contribution in [1.82, 2.24) is 15.0 Å². The summed E-state index contributed by atoms with van der Waals surface area (Å²) in [6.07, 6.45) is 9.15. The van der Waals surface area contributed by atoms with Crippen LogP contribution in [0.15, 0.2) is 10.7 Å². The van der Waals surface area contributed by atoms with Crippen molar-refractivity contribution in [2.75, 3.05) is 23.5 Å². The molecule has 1 aliphatic carbocycles. The van der Waals surface area contributed by atoms with Crippen LogP contribution in [0.1, 0.15) is 25.7 Å². The molecule has 1 saturated heterocycles. The molecule has 0 spiro atoms. The van der Waals surface area contributed by atoms with Gasteiger partial charge in [-0.15, -0.1) is 11.3 Å². The maximum absolute atomic E-state index is 4.64. The monoisotopic (exact) mass is 338 g/mol. The summed E-state index contributed by atoms with van der Waals surface area (Å²) in [4.78, 5) is 16.1. The van der Waals surface area contributed by atoms with Crippen LogP contribution in [0.25, 0.3) is 10.3 Å². The molecule has 0 N–H and O–H groups in total. The first-order chi connectivity index (χ1) is 10.4. The number of aromatic nitrogens is 3. The minimum atomic E-state index is 0.649. The maximum Gasteiger partial charge on any atom is 0.176 e. The molecule has 2 aromatic heterocycles. The fraction of sp³-hybridized carbons (Fsp3) is 0.643. The van der Waals surface area contributed by atoms with E-state index < -0.39 is 0 Å². The molecule has 2 aliphatic rings. The first-order valence-corrected chi connectivity index (χ1v) is 10.5. The van der Waals surface area contributed by atoms with Crippen molar-refractivity contribution in [2.45, 2.75) is 41.3 Å². The Morgan fingerprint density at radius 2 is 2.19 bits per heavy atom. The maximum atomic E-state index is 4.64. The van der Waals surface area contributed by atoms with E-state index in [1.54, 1.807) is 29.4 Å². The number of rotatable bonds is 2. The molecule has 1 aliphatic heterocycles. The molecule has 21 heavy (non-hydrogen) atoms. The molecule has 0 aromatic carbocycles. The molecule has 7 heteroatoms. The second kappa shape index (κ2) is 5.93. The fourth-order valence-electron chi connectivity index (χ4n) is 3.37. The van der Waals surface area contributed by atoms with Gasteiger partial charge in [0.1, 0.15) is 11.0 Å². The van der Waals surface area contributed by atoms with E-state index >= 15 is 0 Å². The summed E-state index contributed by atoms with van der Waals surface area (Å²) in [5.41, 5.74) is 0.861. The number of hydrogen-bond acceptors (Lipinski definition) is 7. The van der Waals surface area contributed by atoms with Crippen molar-refractivity contribution in [2.24, 2.45) is 0 Å². The zero-order valence-electron chi connectivity index (χ0n) is 12.0. The van der Waals surface area contributed by atoms with E-state index in [4.69, 9.17) is 0 Å². The summed E-state index contributed by atoms with van der Waals surface area (Å²) in [7, 11) is 0. The molecule has 4 nitrogen and oxygen atoms in total. The van der Waals surface area contributed by atoms with Gasteiger partial charge in [-0.2, -0.15) is 11.8 Å². The van der Waals surface area contributed by atoms with Gasteiger partial charge in [-0.05, 0) is 19.1 Å². The molecule has 0 amide bonds. The van der Waals surface area contributed by atoms with Crippen LogP contribution in [0.3, 0.4) is 0 Å². The minimum absolute atomic E-state index is 0.649. The van der Waals surface area contributed by atoms with E-state index in [0.717, 1.165) is 32.3 Å². The average molecular weight is 339 g/mol. The predicted octanol–water partition coefficient (Wildman–Crippen LogP) is 3.67. The summed E-state index contributed by atoms with van der Waals surface area (Å²) < 4.78 is 2.25. The van der Waals surface area contributed by atoms with Gasteiger partial charge in [0.05, 0.1) is 0 Å². The minimum Gasteiger partial charge on any atom is -0.350 e. The first-order valence-electron chi connectivity index (χ1n) is 7.40. The lowest BCUT2D eigenvalue weighted by Crippen LogP contribution is -2.49. The SMILES string of the molecule is CSc1nc2ncnc(N3CCSC4CCCCC43)c2s1. The molecule has 112 valence electrons. The molecular weight excluding hydrogens is 320 g/mol. The van der Waals surface area contributed by atoms with Crippen molar-refractivity contribution in [3.63, 3.8) is 0 Å². The van der Waals surface area contributed by atoms with Crippen molar-refractivity contribution < 1.29 is 0 Å². The number of fused-ring (bicyclic) bond motifs is 2. The van der Waals surface area contributed by atoms with E-state index in [-0.39, 0.29) is 0 Å². The van der Waals surface area contributed by atoms with Gasteiger partial charge in [0.15, 0.2) is 15.8 Å². The number of anilines is 1. The van der Waals surface area contributed by atoms with Crippen LogP contribution in [0.2, 0.25) is 0 Å². The third-order valence-corrected chi connectivity index (χ3v) is 7.75. The van der Waals surface area contributed by atoms with Gasteiger partial charge in [0.25, 0.3) is 0 Å². The zero-order valence-corrected chi connectivity index (χ0v) is 14.4. The highest BCUT2D eigenvalue weighted by atomic mass is 32.2. The van der Waals surface area contributed by atoms with Crippen LogP contribution in [0.5, 0.6) is 0 Å². The number of thiazole rings is 1. The third kappa shape index (κ3) is 2.53. The highest BCUT2D eigenvalue weighted by Crippen LogP contribution is 2.40. The lowest BCUT2D eigenvalue weighted by molar-refractivity contribution is 0.421. The molecule has 3 heterocycles. The Labute approximate surface area is 137 Å². The van der Waals surface area contributed by atoms with Gasteiger partial charge in [-0.25, -0.2) is 15.0 Å². The van der Waals surface area contributed by atoms with Crippen molar-refractivity contribution >= 4 is 51.0 Å². The fourth-order valence-corrected chi connectivity index (χ4v) is 6.34. The summed E-state index contributed by atoms with van der Waals surface area (Å²) >= 11 is 5.58. The quantitative estimate of drug-likeness (QED) is 0.778. The third-order valence-electron chi connectivity index (χ3n) is 4.33. The Bertz CT molecular complexity index is 642. The van der Waals surface area contributed by atoms with Gasteiger partial charge < -0.3 is 4.90 Å². The lowest BCUT2D eigenvalue weighted by Gasteiger charge is -2.44. The molecule has 0 bridgehead atoms. The molecule has 0 radical (unpaired) electrons. The Morgan fingerprint density at radius 3 is 3.10 bits per heavy atom. The van der Waals surface area contributed by atoms with Crippen molar-refractivity contribution in [3.8, 4) is 0 Å². The summed E-state index contributed by atoms with van der Waals surface area (Å²) in [5, 5.41) is 0.783. The van der Waals surface area contributed by atoms with E-state index in [1.807, 2.05) is 0 Å². The smallest absolute Gasteiger partial charge is 0.176 e. The molecule has 2 aromatic rings. The Hall–Kier alpha value is -0.530. The van der Waals surface area contributed by atoms with Gasteiger partial charge in [0, 0.05) is 23.6 Å². The van der Waals surface area contributed by atoms with E-state index in [2.05, 4.69) is 37.9 Å². The van der Waals surface area contributed by atoms with Gasteiger partial charge >= 0.3 is 0 Å². The summed E-state index contributed by atoms with van der Waals surface area (Å²) in [5.74, 6) is 2.33.